The smallest absolute Gasteiger partial charge is 0.270 e. The number of hydrogen-bond acceptors (Lipinski definition) is 5. The van der Waals surface area contributed by atoms with Crippen LogP contribution in [0, 0.1) is 0 Å². The number of fused-ring (bicyclic) bond motifs is 1. The highest BCUT2D eigenvalue weighted by Crippen LogP contribution is 2.17. The van der Waals surface area contributed by atoms with Gasteiger partial charge in [0.25, 0.3) is 11.5 Å². The zero-order chi connectivity index (χ0) is 15.0. The zero-order valence-electron chi connectivity index (χ0n) is 11.3. The second-order valence-electron chi connectivity index (χ2n) is 5.31. The molecule has 110 valence electrons. The van der Waals surface area contributed by atoms with E-state index in [1.807, 2.05) is 0 Å². The van der Waals surface area contributed by atoms with E-state index in [2.05, 4.69) is 10.3 Å². The van der Waals surface area contributed by atoms with Gasteiger partial charge in [-0.15, -0.1) is 0 Å². The van der Waals surface area contributed by atoms with Crippen LogP contribution in [-0.4, -0.2) is 32.5 Å². The molecule has 0 saturated heterocycles. The van der Waals surface area contributed by atoms with E-state index < -0.39 is 11.5 Å². The molecule has 1 fully saturated rings. The highest BCUT2D eigenvalue weighted by molar-refractivity contribution is 5.94. The van der Waals surface area contributed by atoms with Crippen molar-refractivity contribution in [3.05, 3.63) is 40.4 Å². The van der Waals surface area contributed by atoms with E-state index in [-0.39, 0.29) is 29.0 Å². The van der Waals surface area contributed by atoms with Gasteiger partial charge in [0.05, 0.1) is 0 Å². The van der Waals surface area contributed by atoms with Gasteiger partial charge < -0.3 is 16.2 Å². The fourth-order valence-corrected chi connectivity index (χ4v) is 2.66. The molecule has 0 bridgehead atoms. The van der Waals surface area contributed by atoms with Gasteiger partial charge in [-0.05, 0) is 31.4 Å². The minimum absolute atomic E-state index is 0.00299. The van der Waals surface area contributed by atoms with Gasteiger partial charge >= 0.3 is 0 Å². The van der Waals surface area contributed by atoms with Crippen molar-refractivity contribution in [2.24, 2.45) is 5.73 Å². The van der Waals surface area contributed by atoms with E-state index in [9.17, 15) is 14.7 Å². The molecule has 0 unspecified atom stereocenters. The molecule has 0 spiro atoms. The van der Waals surface area contributed by atoms with Crippen LogP contribution in [0.3, 0.4) is 0 Å². The first kappa shape index (κ1) is 13.6. The highest BCUT2D eigenvalue weighted by Gasteiger charge is 2.24. The summed E-state index contributed by atoms with van der Waals surface area (Å²) in [6.07, 6.45) is 5.06. The van der Waals surface area contributed by atoms with E-state index in [0.29, 0.717) is 0 Å². The SMILES string of the molecule is N[C@H]1CC[C@H](NC(=O)c2cnc3c(O)cccn3c2=O)C1. The second-order valence-corrected chi connectivity index (χ2v) is 5.31. The Labute approximate surface area is 120 Å². The van der Waals surface area contributed by atoms with Crippen molar-refractivity contribution in [1.82, 2.24) is 14.7 Å². The number of aromatic hydroxyl groups is 1. The van der Waals surface area contributed by atoms with Crippen LogP contribution in [0.25, 0.3) is 5.65 Å². The summed E-state index contributed by atoms with van der Waals surface area (Å²) in [7, 11) is 0. The van der Waals surface area contributed by atoms with Crippen LogP contribution < -0.4 is 16.6 Å². The molecule has 2 aromatic rings. The minimum Gasteiger partial charge on any atom is -0.504 e. The van der Waals surface area contributed by atoms with Gasteiger partial charge in [-0.1, -0.05) is 0 Å². The minimum atomic E-state index is -0.504. The van der Waals surface area contributed by atoms with E-state index in [1.165, 1.54) is 24.5 Å². The monoisotopic (exact) mass is 288 g/mol. The first-order chi connectivity index (χ1) is 10.1. The van der Waals surface area contributed by atoms with Crippen LogP contribution in [0.15, 0.2) is 29.3 Å². The summed E-state index contributed by atoms with van der Waals surface area (Å²) in [5, 5.41) is 12.5. The topological polar surface area (TPSA) is 110 Å². The number of carbonyl (C=O) groups is 1. The standard InChI is InChI=1S/C14H16N4O3/c15-8-3-4-9(6-8)17-13(20)10-7-16-12-11(19)2-1-5-18(12)14(10)21/h1-2,5,7-9,19H,3-4,6,15H2,(H,17,20)/t8-,9-/m0/s1. The lowest BCUT2D eigenvalue weighted by molar-refractivity contribution is 0.0935. The van der Waals surface area contributed by atoms with E-state index in [1.54, 1.807) is 0 Å². The maximum Gasteiger partial charge on any atom is 0.270 e. The molecule has 4 N–H and O–H groups in total. The molecule has 1 saturated carbocycles. The Bertz CT molecular complexity index is 755. The van der Waals surface area contributed by atoms with Gasteiger partial charge in [0.15, 0.2) is 11.4 Å². The number of aromatic nitrogens is 2. The summed E-state index contributed by atoms with van der Waals surface area (Å²) in [5.41, 5.74) is 5.38. The van der Waals surface area contributed by atoms with Crippen LogP contribution in [-0.2, 0) is 0 Å². The summed E-state index contributed by atoms with van der Waals surface area (Å²) >= 11 is 0. The van der Waals surface area contributed by atoms with Gasteiger partial charge in [0.1, 0.15) is 5.56 Å². The number of hydrogen-bond donors (Lipinski definition) is 3. The van der Waals surface area contributed by atoms with Crippen LogP contribution in [0.2, 0.25) is 0 Å². The number of pyridine rings is 1. The molecule has 1 aliphatic carbocycles. The molecule has 7 nitrogen and oxygen atoms in total. The van der Waals surface area contributed by atoms with Crippen molar-refractivity contribution < 1.29 is 9.90 Å². The van der Waals surface area contributed by atoms with E-state index in [4.69, 9.17) is 5.73 Å². The van der Waals surface area contributed by atoms with Crippen molar-refractivity contribution >= 4 is 11.6 Å². The molecule has 21 heavy (non-hydrogen) atoms. The Kier molecular flexibility index (Phi) is 3.34. The molecule has 0 radical (unpaired) electrons. The average molecular weight is 288 g/mol. The molecule has 0 aliphatic heterocycles. The number of rotatable bonds is 2. The quantitative estimate of drug-likeness (QED) is 0.721. The molecule has 2 aromatic heterocycles. The van der Waals surface area contributed by atoms with Crippen molar-refractivity contribution in [3.63, 3.8) is 0 Å². The molecule has 1 aliphatic rings. The Hall–Kier alpha value is -2.41. The fraction of sp³-hybridized carbons (Fsp3) is 0.357. The molecule has 1 amide bonds. The first-order valence-corrected chi connectivity index (χ1v) is 6.82. The fourth-order valence-electron chi connectivity index (χ4n) is 2.66. The first-order valence-electron chi connectivity index (χ1n) is 6.82. The normalized spacial score (nSPS) is 21.6. The number of nitrogens with one attached hydrogen (secondary N) is 1. The lowest BCUT2D eigenvalue weighted by Gasteiger charge is -2.12. The average Bonchev–Trinajstić information content (AvgIpc) is 2.85. The Morgan fingerprint density at radius 1 is 1.48 bits per heavy atom. The molecular weight excluding hydrogens is 272 g/mol. The summed E-state index contributed by atoms with van der Waals surface area (Å²) in [6.45, 7) is 0. The van der Waals surface area contributed by atoms with Gasteiger partial charge in [-0.2, -0.15) is 0 Å². The van der Waals surface area contributed by atoms with Crippen molar-refractivity contribution in [2.75, 3.05) is 0 Å². The molecule has 7 heteroatoms. The third kappa shape index (κ3) is 2.47. The van der Waals surface area contributed by atoms with Crippen LogP contribution in [0.1, 0.15) is 29.6 Å². The number of nitrogens with two attached hydrogens (primary N) is 1. The number of nitrogens with zero attached hydrogens (tertiary/aromatic N) is 2. The largest absolute Gasteiger partial charge is 0.504 e. The molecular formula is C14H16N4O3. The molecule has 0 aromatic carbocycles. The van der Waals surface area contributed by atoms with Crippen molar-refractivity contribution in [3.8, 4) is 5.75 Å². The predicted octanol–water partition coefficient (Wildman–Crippen LogP) is 0.00970. The van der Waals surface area contributed by atoms with Crippen molar-refractivity contribution in [1.29, 1.82) is 0 Å². The maximum absolute atomic E-state index is 12.3. The maximum atomic E-state index is 12.3. The van der Waals surface area contributed by atoms with Gasteiger partial charge in [-0.25, -0.2) is 4.98 Å². The van der Waals surface area contributed by atoms with Gasteiger partial charge in [0, 0.05) is 24.5 Å². The summed E-state index contributed by atoms with van der Waals surface area (Å²) in [5.74, 6) is -0.562. The lowest BCUT2D eigenvalue weighted by atomic mass is 10.2. The number of carbonyl (C=O) groups excluding carboxylic acids is 1. The Morgan fingerprint density at radius 3 is 3.00 bits per heavy atom. The second kappa shape index (κ2) is 5.17. The van der Waals surface area contributed by atoms with E-state index in [0.717, 1.165) is 23.7 Å². The predicted molar refractivity (Wildman–Crippen MR) is 76.2 cm³/mol. The summed E-state index contributed by atoms with van der Waals surface area (Å²) in [4.78, 5) is 28.5. The van der Waals surface area contributed by atoms with Gasteiger partial charge in [-0.3, -0.25) is 14.0 Å². The molecule has 2 heterocycles. The third-order valence-electron chi connectivity index (χ3n) is 3.76. The van der Waals surface area contributed by atoms with E-state index >= 15 is 0 Å². The van der Waals surface area contributed by atoms with Crippen LogP contribution in [0.5, 0.6) is 5.75 Å². The van der Waals surface area contributed by atoms with Gasteiger partial charge in [0.2, 0.25) is 0 Å². The third-order valence-corrected chi connectivity index (χ3v) is 3.76. The zero-order valence-corrected chi connectivity index (χ0v) is 11.3. The van der Waals surface area contributed by atoms with Crippen LogP contribution >= 0.6 is 0 Å². The molecule has 2 atom stereocenters. The lowest BCUT2D eigenvalue weighted by Crippen LogP contribution is -2.37. The Balaban J connectivity index is 1.92. The Morgan fingerprint density at radius 2 is 2.29 bits per heavy atom. The number of amides is 1. The summed E-state index contributed by atoms with van der Waals surface area (Å²) in [6, 6.07) is 3.05. The van der Waals surface area contributed by atoms with Crippen LogP contribution in [0.4, 0.5) is 0 Å². The molecule has 3 rings (SSSR count). The van der Waals surface area contributed by atoms with Crippen molar-refractivity contribution in [2.45, 2.75) is 31.3 Å². The highest BCUT2D eigenvalue weighted by atomic mass is 16.3. The summed E-state index contributed by atoms with van der Waals surface area (Å²) < 4.78 is 1.16.